The third kappa shape index (κ3) is 2.21. The number of carbonyl (C=O) groups excluding carboxylic acids is 1. The first-order valence-corrected chi connectivity index (χ1v) is 4.70. The molecule has 1 rings (SSSR count). The Morgan fingerprint density at radius 1 is 1.14 bits per heavy atom. The van der Waals surface area contributed by atoms with Gasteiger partial charge in [0.1, 0.15) is 0 Å². The van der Waals surface area contributed by atoms with Gasteiger partial charge in [-0.2, -0.15) is 0 Å². The van der Waals surface area contributed by atoms with Gasteiger partial charge in [-0.1, -0.05) is 41.4 Å². The van der Waals surface area contributed by atoms with Crippen molar-refractivity contribution in [3.8, 4) is 0 Å². The van der Waals surface area contributed by atoms with Gasteiger partial charge < -0.3 is 5.73 Å². The van der Waals surface area contributed by atoms with Gasteiger partial charge in [-0.25, -0.2) is 0 Å². The summed E-state index contributed by atoms with van der Waals surface area (Å²) in [5.74, 6) is -0.648. The Morgan fingerprint density at radius 3 is 2.14 bits per heavy atom. The smallest absolute Gasteiger partial charge is 0.248 e. The summed E-state index contributed by atoms with van der Waals surface area (Å²) in [5.41, 5.74) is 5.55. The first-order valence-electron chi connectivity index (χ1n) is 3.57. The topological polar surface area (TPSA) is 43.1 Å². The molecule has 0 radical (unpaired) electrons. The molecular weight excluding hydrogens is 244 g/mol. The molecule has 0 spiro atoms. The maximum absolute atomic E-state index is 10.8. The summed E-state index contributed by atoms with van der Waals surface area (Å²) < 4.78 is 0. The number of rotatable bonds is 2. The van der Waals surface area contributed by atoms with Crippen molar-refractivity contribution in [2.24, 2.45) is 5.73 Å². The molecule has 5 heteroatoms. The van der Waals surface area contributed by atoms with E-state index in [1.807, 2.05) is 0 Å². The summed E-state index contributed by atoms with van der Waals surface area (Å²) in [4.78, 5) is 10.8. The fourth-order valence-electron chi connectivity index (χ4n) is 0.887. The lowest BCUT2D eigenvalue weighted by Gasteiger charge is -2.06. The molecule has 0 bridgehead atoms. The zero-order valence-electron chi connectivity index (χ0n) is 6.98. The van der Waals surface area contributed by atoms with Crippen molar-refractivity contribution in [2.75, 3.05) is 0 Å². The van der Waals surface area contributed by atoms with Crippen LogP contribution in [0.25, 0.3) is 5.57 Å². The summed E-state index contributed by atoms with van der Waals surface area (Å²) in [5, 5.41) is 0.911. The monoisotopic (exact) mass is 249 g/mol. The Bertz CT molecular complexity index is 415. The Kier molecular flexibility index (Phi) is 3.43. The quantitative estimate of drug-likeness (QED) is 0.636. The average Bonchev–Trinajstić information content (AvgIpc) is 2.10. The number of amides is 1. The van der Waals surface area contributed by atoms with Crippen LogP contribution in [0.3, 0.4) is 0 Å². The highest BCUT2D eigenvalue weighted by atomic mass is 35.5. The van der Waals surface area contributed by atoms with Crippen molar-refractivity contribution in [3.05, 3.63) is 39.3 Å². The van der Waals surface area contributed by atoms with Gasteiger partial charge in [0, 0.05) is 11.1 Å². The summed E-state index contributed by atoms with van der Waals surface area (Å²) in [6, 6.07) is 2.90. The van der Waals surface area contributed by atoms with Crippen LogP contribution in [0, 0.1) is 0 Å². The number of halogens is 3. The Balaban J connectivity index is 3.29. The van der Waals surface area contributed by atoms with E-state index in [0.717, 1.165) is 0 Å². The normalized spacial score (nSPS) is 9.93. The van der Waals surface area contributed by atoms with E-state index in [0.29, 0.717) is 20.6 Å². The summed E-state index contributed by atoms with van der Waals surface area (Å²) in [7, 11) is 0. The van der Waals surface area contributed by atoms with Gasteiger partial charge in [-0.05, 0) is 12.1 Å². The fraction of sp³-hybridized carbons (Fsp3) is 0. The van der Waals surface area contributed by atoms with E-state index in [-0.39, 0.29) is 5.57 Å². The standard InChI is InChI=1S/C9H6Cl3NO/c1-4(9(13)14)5-2-7(11)8(12)3-6(5)10/h2-3H,1H2,(H2,13,14). The highest BCUT2D eigenvalue weighted by Gasteiger charge is 2.12. The molecule has 1 amide bonds. The van der Waals surface area contributed by atoms with Crippen LogP contribution in [-0.2, 0) is 4.79 Å². The lowest BCUT2D eigenvalue weighted by Crippen LogP contribution is -2.12. The van der Waals surface area contributed by atoms with E-state index < -0.39 is 5.91 Å². The largest absolute Gasteiger partial charge is 0.366 e. The zero-order valence-corrected chi connectivity index (χ0v) is 9.25. The second kappa shape index (κ2) is 4.22. The third-order valence-corrected chi connectivity index (χ3v) is 2.67. The second-order valence-electron chi connectivity index (χ2n) is 2.59. The van der Waals surface area contributed by atoms with E-state index in [4.69, 9.17) is 40.5 Å². The summed E-state index contributed by atoms with van der Waals surface area (Å²) in [6.45, 7) is 3.50. The predicted molar refractivity (Wildman–Crippen MR) is 59.7 cm³/mol. The first kappa shape index (κ1) is 11.4. The highest BCUT2D eigenvalue weighted by molar-refractivity contribution is 6.44. The number of hydrogen-bond donors (Lipinski definition) is 1. The van der Waals surface area contributed by atoms with Crippen molar-refractivity contribution in [3.63, 3.8) is 0 Å². The number of carbonyl (C=O) groups is 1. The second-order valence-corrected chi connectivity index (χ2v) is 3.81. The van der Waals surface area contributed by atoms with Crippen molar-refractivity contribution in [2.45, 2.75) is 0 Å². The van der Waals surface area contributed by atoms with E-state index >= 15 is 0 Å². The van der Waals surface area contributed by atoms with Crippen LogP contribution < -0.4 is 5.73 Å². The maximum Gasteiger partial charge on any atom is 0.248 e. The molecule has 0 aliphatic heterocycles. The van der Waals surface area contributed by atoms with E-state index in [1.165, 1.54) is 12.1 Å². The Hall–Kier alpha value is -0.700. The van der Waals surface area contributed by atoms with Gasteiger partial charge in [0.05, 0.1) is 15.1 Å². The molecule has 0 aliphatic rings. The van der Waals surface area contributed by atoms with Gasteiger partial charge in [-0.15, -0.1) is 0 Å². The minimum atomic E-state index is -0.648. The van der Waals surface area contributed by atoms with Gasteiger partial charge in [-0.3, -0.25) is 4.79 Å². The molecule has 74 valence electrons. The van der Waals surface area contributed by atoms with Crippen LogP contribution in [0.4, 0.5) is 0 Å². The van der Waals surface area contributed by atoms with E-state index in [1.54, 1.807) is 0 Å². The maximum atomic E-state index is 10.8. The number of benzene rings is 1. The molecule has 2 nitrogen and oxygen atoms in total. The molecule has 0 heterocycles. The fourth-order valence-corrected chi connectivity index (χ4v) is 1.55. The molecule has 0 aliphatic carbocycles. The van der Waals surface area contributed by atoms with E-state index in [2.05, 4.69) is 6.58 Å². The Labute approximate surface area is 96.2 Å². The molecule has 0 saturated heterocycles. The van der Waals surface area contributed by atoms with Crippen LogP contribution in [0.15, 0.2) is 18.7 Å². The highest BCUT2D eigenvalue weighted by Crippen LogP contribution is 2.31. The van der Waals surface area contributed by atoms with Crippen LogP contribution >= 0.6 is 34.8 Å². The molecule has 1 aromatic rings. The minimum absolute atomic E-state index is 0.105. The van der Waals surface area contributed by atoms with Crippen LogP contribution in [0.5, 0.6) is 0 Å². The third-order valence-electron chi connectivity index (χ3n) is 1.63. The Morgan fingerprint density at radius 2 is 1.64 bits per heavy atom. The molecule has 1 aromatic carbocycles. The van der Waals surface area contributed by atoms with Gasteiger partial charge in [0.15, 0.2) is 0 Å². The van der Waals surface area contributed by atoms with Crippen molar-refractivity contribution in [1.82, 2.24) is 0 Å². The van der Waals surface area contributed by atoms with Gasteiger partial charge >= 0.3 is 0 Å². The number of nitrogens with two attached hydrogens (primary N) is 1. The first-order chi connectivity index (χ1) is 6.43. The SMILES string of the molecule is C=C(C(N)=O)c1cc(Cl)c(Cl)cc1Cl. The number of primary amides is 1. The summed E-state index contributed by atoms with van der Waals surface area (Å²) >= 11 is 17.3. The van der Waals surface area contributed by atoms with Crippen LogP contribution in [-0.4, -0.2) is 5.91 Å². The molecule has 0 atom stereocenters. The number of hydrogen-bond acceptors (Lipinski definition) is 1. The molecule has 0 aromatic heterocycles. The van der Waals surface area contributed by atoms with Crippen LogP contribution in [0.1, 0.15) is 5.56 Å². The van der Waals surface area contributed by atoms with Crippen molar-refractivity contribution in [1.29, 1.82) is 0 Å². The summed E-state index contributed by atoms with van der Waals surface area (Å²) in [6.07, 6.45) is 0. The van der Waals surface area contributed by atoms with Gasteiger partial charge in [0.2, 0.25) is 5.91 Å². The van der Waals surface area contributed by atoms with Crippen molar-refractivity contribution >= 4 is 46.3 Å². The lowest BCUT2D eigenvalue weighted by molar-refractivity contribution is -0.112. The van der Waals surface area contributed by atoms with Crippen molar-refractivity contribution < 1.29 is 4.79 Å². The molecule has 0 unspecified atom stereocenters. The van der Waals surface area contributed by atoms with Gasteiger partial charge in [0.25, 0.3) is 0 Å². The van der Waals surface area contributed by atoms with Crippen LogP contribution in [0.2, 0.25) is 15.1 Å². The van der Waals surface area contributed by atoms with E-state index in [9.17, 15) is 4.79 Å². The molecular formula is C9H6Cl3NO. The average molecular weight is 251 g/mol. The zero-order chi connectivity index (χ0) is 10.9. The lowest BCUT2D eigenvalue weighted by atomic mass is 10.1. The predicted octanol–water partition coefficient (Wildman–Crippen LogP) is 3.15. The minimum Gasteiger partial charge on any atom is -0.366 e. The molecule has 0 fully saturated rings. The molecule has 0 saturated carbocycles. The molecule has 14 heavy (non-hydrogen) atoms. The molecule has 2 N–H and O–H groups in total.